The van der Waals surface area contributed by atoms with Crippen LogP contribution in [0, 0.1) is 29.6 Å². The first kappa shape index (κ1) is 36.2. The largest absolute Gasteiger partial charge is 1.00 e. The Kier molecular flexibility index (Phi) is 13.8. The summed E-state index contributed by atoms with van der Waals surface area (Å²) in [6.45, 7) is 11.5. The Balaban J connectivity index is 0.00000506. The molecule has 43 heavy (non-hydrogen) atoms. The van der Waals surface area contributed by atoms with E-state index >= 15 is 0 Å². The van der Waals surface area contributed by atoms with E-state index in [2.05, 4.69) is 38.7 Å². The van der Waals surface area contributed by atoms with Crippen molar-refractivity contribution in [3.8, 4) is 0 Å². The number of aliphatic hydroxyl groups excluding tert-OH is 1. The topological polar surface area (TPSA) is 114 Å². The number of methoxy groups -OCH3 is 1. The van der Waals surface area contributed by atoms with Gasteiger partial charge in [-0.05, 0) is 80.5 Å². The Bertz CT molecular complexity index is 1100. The number of esters is 1. The van der Waals surface area contributed by atoms with E-state index in [1.165, 1.54) is 0 Å². The molecule has 1 aliphatic carbocycles. The molecular formula is C34H49NaO8. The number of ketones is 1. The minimum Gasteiger partial charge on any atom is -0.869 e. The van der Waals surface area contributed by atoms with Crippen molar-refractivity contribution in [2.24, 2.45) is 29.6 Å². The number of aliphatic hydroxyl groups is 1. The normalized spacial score (nSPS) is 35.2. The first-order valence-corrected chi connectivity index (χ1v) is 15.7. The molecule has 1 saturated carbocycles. The van der Waals surface area contributed by atoms with Gasteiger partial charge in [0, 0.05) is 13.0 Å². The average molecular weight is 609 g/mol. The van der Waals surface area contributed by atoms with E-state index in [4.69, 9.17) is 18.9 Å². The first-order chi connectivity index (χ1) is 20.0. The molecule has 3 aliphatic heterocycles. The molecule has 0 aromatic heterocycles. The second-order valence-corrected chi connectivity index (χ2v) is 12.8. The SMILES string of the molecule is C=C1OC(=O)C(C(=O)[C@H](C)[C@H]2[C@H](/C=C(\CO)[C@H]3O[C@@H](/C=C/C[C@@H]4CC[C@@H]([C@@H](C)OC)O4)CC[C@@H]3C)CCC[C@@H]2C)=C1[O-].[Na+]. The van der Waals surface area contributed by atoms with Crippen LogP contribution in [-0.2, 0) is 28.5 Å². The summed E-state index contributed by atoms with van der Waals surface area (Å²) in [5, 5.41) is 22.9. The number of ether oxygens (including phenoxy) is 4. The summed E-state index contributed by atoms with van der Waals surface area (Å²) in [7, 11) is 1.72. The van der Waals surface area contributed by atoms with Crippen LogP contribution in [0.2, 0.25) is 0 Å². The Labute approximate surface area is 279 Å². The summed E-state index contributed by atoms with van der Waals surface area (Å²) in [5.41, 5.74) is 0.429. The van der Waals surface area contributed by atoms with Crippen molar-refractivity contribution in [1.82, 2.24) is 0 Å². The van der Waals surface area contributed by atoms with Crippen molar-refractivity contribution in [3.63, 3.8) is 0 Å². The zero-order valence-electron chi connectivity index (χ0n) is 26.9. The fourth-order valence-corrected chi connectivity index (χ4v) is 7.46. The van der Waals surface area contributed by atoms with Crippen molar-refractivity contribution in [1.29, 1.82) is 0 Å². The third-order valence-electron chi connectivity index (χ3n) is 9.99. The van der Waals surface area contributed by atoms with Crippen molar-refractivity contribution in [3.05, 3.63) is 47.5 Å². The number of Topliss-reactive ketones (excluding diaryl/α,β-unsaturated/α-hetero) is 1. The average Bonchev–Trinajstić information content (AvgIpc) is 3.54. The first-order valence-electron chi connectivity index (χ1n) is 15.7. The van der Waals surface area contributed by atoms with E-state index in [1.807, 2.05) is 6.92 Å². The number of hydrogen-bond acceptors (Lipinski definition) is 8. The molecule has 234 valence electrons. The van der Waals surface area contributed by atoms with Crippen LogP contribution in [0.3, 0.4) is 0 Å². The second-order valence-electron chi connectivity index (χ2n) is 12.8. The number of hydrogen-bond donors (Lipinski definition) is 1. The van der Waals surface area contributed by atoms with Gasteiger partial charge in [0.2, 0.25) is 0 Å². The Morgan fingerprint density at radius 3 is 2.51 bits per heavy atom. The van der Waals surface area contributed by atoms with E-state index in [-0.39, 0.29) is 96.1 Å². The zero-order chi connectivity index (χ0) is 30.6. The quantitative estimate of drug-likeness (QED) is 0.163. The number of cyclic esters (lactones) is 1. The maximum Gasteiger partial charge on any atom is 1.00 e. The minimum atomic E-state index is -0.902. The van der Waals surface area contributed by atoms with Crippen molar-refractivity contribution >= 4 is 11.8 Å². The van der Waals surface area contributed by atoms with Gasteiger partial charge in [-0.3, -0.25) is 4.79 Å². The number of carbonyl (C=O) groups excluding carboxylic acids is 2. The number of rotatable bonds is 11. The smallest absolute Gasteiger partial charge is 0.869 e. The van der Waals surface area contributed by atoms with Gasteiger partial charge in [-0.2, -0.15) is 0 Å². The molecule has 1 N–H and O–H groups in total. The van der Waals surface area contributed by atoms with Crippen molar-refractivity contribution in [2.75, 3.05) is 13.7 Å². The van der Waals surface area contributed by atoms with Gasteiger partial charge in [0.05, 0.1) is 42.7 Å². The fourth-order valence-electron chi connectivity index (χ4n) is 7.46. The third kappa shape index (κ3) is 8.51. The summed E-state index contributed by atoms with van der Waals surface area (Å²) in [4.78, 5) is 25.6. The van der Waals surface area contributed by atoms with Crippen molar-refractivity contribution in [2.45, 2.75) is 110 Å². The predicted octanol–water partition coefficient (Wildman–Crippen LogP) is 1.56. The van der Waals surface area contributed by atoms with Gasteiger partial charge in [-0.1, -0.05) is 58.4 Å². The third-order valence-corrected chi connectivity index (χ3v) is 9.99. The molecule has 2 saturated heterocycles. The van der Waals surface area contributed by atoms with Gasteiger partial charge in [-0.25, -0.2) is 4.79 Å². The minimum absolute atomic E-state index is 0. The van der Waals surface area contributed by atoms with E-state index in [9.17, 15) is 19.8 Å². The molecule has 0 aromatic carbocycles. The molecule has 0 amide bonds. The molecule has 4 aliphatic rings. The Hall–Kier alpha value is -1.26. The van der Waals surface area contributed by atoms with Crippen LogP contribution in [0.5, 0.6) is 0 Å². The molecule has 0 aromatic rings. The molecule has 0 spiro atoms. The van der Waals surface area contributed by atoms with Crippen LogP contribution in [0.15, 0.2) is 47.5 Å². The van der Waals surface area contributed by atoms with Crippen LogP contribution >= 0.6 is 0 Å². The molecule has 3 fully saturated rings. The van der Waals surface area contributed by atoms with Crippen LogP contribution in [0.4, 0.5) is 0 Å². The predicted molar refractivity (Wildman–Crippen MR) is 157 cm³/mol. The van der Waals surface area contributed by atoms with Gasteiger partial charge < -0.3 is 29.2 Å². The summed E-state index contributed by atoms with van der Waals surface area (Å²) in [5.74, 6) is -2.55. The molecule has 3 heterocycles. The van der Waals surface area contributed by atoms with Gasteiger partial charge >= 0.3 is 35.5 Å². The van der Waals surface area contributed by atoms with E-state index in [0.717, 1.165) is 56.9 Å². The summed E-state index contributed by atoms with van der Waals surface area (Å²) < 4.78 is 23.0. The molecule has 0 unspecified atom stereocenters. The molecule has 4 rings (SSSR count). The molecule has 8 nitrogen and oxygen atoms in total. The van der Waals surface area contributed by atoms with Crippen LogP contribution in [0.1, 0.15) is 79.1 Å². The summed E-state index contributed by atoms with van der Waals surface area (Å²) >= 11 is 0. The summed E-state index contributed by atoms with van der Waals surface area (Å²) in [6.07, 6.45) is 14.2. The Morgan fingerprint density at radius 1 is 1.12 bits per heavy atom. The standard InChI is InChI=1S/C34H50O8.Na/c1-19-9-7-10-24(29(19)21(3)31(36)30-32(37)23(5)40-34(30)38)17-25(18-35)33-20(2)13-14-27(42-33)12-8-11-26-15-16-28(41-26)22(4)39-6;/h8,12,17,19-22,24,26-29,33,35,37H,5,7,9-11,13-16,18H2,1-4,6H3;/q;+1/p-1/b12-8+,25-17+;/t19-,20-,21+,22+,24-,26+,27-,28-,29-,33-;/m0./s1. The molecular weight excluding hydrogens is 559 g/mol. The zero-order valence-corrected chi connectivity index (χ0v) is 28.9. The Morgan fingerprint density at radius 2 is 1.86 bits per heavy atom. The second kappa shape index (κ2) is 16.3. The van der Waals surface area contributed by atoms with Crippen LogP contribution in [0.25, 0.3) is 0 Å². The summed E-state index contributed by atoms with van der Waals surface area (Å²) in [6, 6.07) is 0. The van der Waals surface area contributed by atoms with Gasteiger partial charge in [0.1, 0.15) is 5.76 Å². The molecule has 9 heteroatoms. The molecule has 0 bridgehead atoms. The maximum atomic E-state index is 13.4. The number of allylic oxidation sites excluding steroid dienone is 1. The fraction of sp³-hybridized carbons (Fsp3) is 0.706. The molecule has 10 atom stereocenters. The number of carbonyl (C=O) groups is 2. The maximum absolute atomic E-state index is 13.4. The van der Waals surface area contributed by atoms with Gasteiger partial charge in [0.25, 0.3) is 0 Å². The van der Waals surface area contributed by atoms with E-state index in [0.29, 0.717) is 0 Å². The van der Waals surface area contributed by atoms with E-state index in [1.54, 1.807) is 14.0 Å². The van der Waals surface area contributed by atoms with Crippen molar-refractivity contribution < 1.29 is 68.3 Å². The van der Waals surface area contributed by atoms with Crippen LogP contribution in [-0.4, -0.2) is 61.1 Å². The van der Waals surface area contributed by atoms with Crippen LogP contribution < -0.4 is 34.7 Å². The van der Waals surface area contributed by atoms with E-state index < -0.39 is 29.0 Å². The molecule has 0 radical (unpaired) electrons. The van der Waals surface area contributed by atoms with Gasteiger partial charge in [-0.15, -0.1) is 0 Å². The van der Waals surface area contributed by atoms with Gasteiger partial charge in [0.15, 0.2) is 5.78 Å². The monoisotopic (exact) mass is 608 g/mol.